The minimum atomic E-state index is -0.259. The van der Waals surface area contributed by atoms with Crippen molar-refractivity contribution in [3.8, 4) is 0 Å². The first kappa shape index (κ1) is 16.7. The fourth-order valence-corrected chi connectivity index (χ4v) is 2.20. The molecule has 0 aliphatic rings. The molecule has 2 amide bonds. The minimum absolute atomic E-state index is 0.167. The molecule has 23 heavy (non-hydrogen) atoms. The largest absolute Gasteiger partial charge is 0.338 e. The number of nitrogens with one attached hydrogen (secondary N) is 1. The number of carbonyl (C=O) groups is 2. The molecule has 0 fully saturated rings. The number of carbonyl (C=O) groups excluding carboxylic acids is 2. The van der Waals surface area contributed by atoms with Gasteiger partial charge in [-0.1, -0.05) is 17.7 Å². The molecule has 0 bridgehead atoms. The lowest BCUT2D eigenvalue weighted by Gasteiger charge is -2.18. The summed E-state index contributed by atoms with van der Waals surface area (Å²) in [5.74, 6) is -0.426. The van der Waals surface area contributed by atoms with Gasteiger partial charge in [-0.05, 0) is 45.0 Å². The molecule has 0 aliphatic heterocycles. The number of hydrogen-bond acceptors (Lipinski definition) is 3. The average molecular weight is 311 g/mol. The van der Waals surface area contributed by atoms with E-state index in [1.165, 1.54) is 12.3 Å². The lowest BCUT2D eigenvalue weighted by Crippen LogP contribution is -2.31. The zero-order valence-corrected chi connectivity index (χ0v) is 13.7. The van der Waals surface area contributed by atoms with Gasteiger partial charge in [0, 0.05) is 30.5 Å². The summed E-state index contributed by atoms with van der Waals surface area (Å²) >= 11 is 0. The van der Waals surface area contributed by atoms with Gasteiger partial charge in [0.15, 0.2) is 0 Å². The molecule has 1 N–H and O–H groups in total. The third-order valence-corrected chi connectivity index (χ3v) is 3.60. The van der Waals surface area contributed by atoms with Gasteiger partial charge in [-0.15, -0.1) is 0 Å². The van der Waals surface area contributed by atoms with E-state index in [2.05, 4.69) is 10.3 Å². The molecule has 0 radical (unpaired) electrons. The van der Waals surface area contributed by atoms with Crippen LogP contribution in [0.25, 0.3) is 0 Å². The highest BCUT2D eigenvalue weighted by Crippen LogP contribution is 2.12. The van der Waals surface area contributed by atoms with Crippen molar-refractivity contribution in [1.82, 2.24) is 9.88 Å². The number of anilines is 1. The molecule has 5 heteroatoms. The zero-order valence-electron chi connectivity index (χ0n) is 13.7. The average Bonchev–Trinajstić information content (AvgIpc) is 2.58. The van der Waals surface area contributed by atoms with Crippen LogP contribution >= 0.6 is 0 Å². The molecule has 1 heterocycles. The number of benzene rings is 1. The van der Waals surface area contributed by atoms with Crippen LogP contribution in [-0.2, 0) is 0 Å². The molecular formula is C18H21N3O2. The highest BCUT2D eigenvalue weighted by Gasteiger charge is 2.16. The Morgan fingerprint density at radius 3 is 2.35 bits per heavy atom. The third-order valence-electron chi connectivity index (χ3n) is 3.60. The Morgan fingerprint density at radius 1 is 1.09 bits per heavy atom. The number of aryl methyl sites for hydroxylation is 1. The summed E-state index contributed by atoms with van der Waals surface area (Å²) in [7, 11) is 0. The second-order valence-corrected chi connectivity index (χ2v) is 5.23. The number of rotatable bonds is 5. The van der Waals surface area contributed by atoms with Gasteiger partial charge in [0.05, 0.1) is 0 Å². The maximum absolute atomic E-state index is 12.3. The van der Waals surface area contributed by atoms with Crippen LogP contribution in [-0.4, -0.2) is 34.8 Å². The first-order valence-electron chi connectivity index (χ1n) is 7.68. The van der Waals surface area contributed by atoms with Gasteiger partial charge >= 0.3 is 0 Å². The van der Waals surface area contributed by atoms with Crippen LogP contribution < -0.4 is 5.32 Å². The molecule has 0 spiro atoms. The zero-order chi connectivity index (χ0) is 16.8. The van der Waals surface area contributed by atoms with E-state index >= 15 is 0 Å². The number of amides is 2. The molecule has 2 aromatic rings. The SMILES string of the molecule is CCN(CC)C(=O)c1cc(C(=O)Nc2ccc(C)cc2)ccn1. The van der Waals surface area contributed by atoms with E-state index in [0.29, 0.717) is 24.3 Å². The van der Waals surface area contributed by atoms with Crippen LogP contribution in [0.5, 0.6) is 0 Å². The van der Waals surface area contributed by atoms with Gasteiger partial charge < -0.3 is 10.2 Å². The highest BCUT2D eigenvalue weighted by molar-refractivity contribution is 6.05. The van der Waals surface area contributed by atoms with Crippen LogP contribution in [0.15, 0.2) is 42.6 Å². The Balaban J connectivity index is 2.17. The van der Waals surface area contributed by atoms with Gasteiger partial charge in [0.2, 0.25) is 0 Å². The van der Waals surface area contributed by atoms with Crippen molar-refractivity contribution in [1.29, 1.82) is 0 Å². The summed E-state index contributed by atoms with van der Waals surface area (Å²) in [4.78, 5) is 30.4. The summed E-state index contributed by atoms with van der Waals surface area (Å²) in [5, 5.41) is 2.82. The van der Waals surface area contributed by atoms with Crippen LogP contribution in [0.1, 0.15) is 40.3 Å². The molecule has 120 valence electrons. The summed E-state index contributed by atoms with van der Waals surface area (Å²) < 4.78 is 0. The number of pyridine rings is 1. The van der Waals surface area contributed by atoms with Gasteiger partial charge in [0.25, 0.3) is 11.8 Å². The molecule has 0 saturated carbocycles. The van der Waals surface area contributed by atoms with E-state index in [1.807, 2.05) is 45.0 Å². The highest BCUT2D eigenvalue weighted by atomic mass is 16.2. The molecule has 0 atom stereocenters. The maximum atomic E-state index is 12.3. The first-order chi connectivity index (χ1) is 11.0. The predicted molar refractivity (Wildman–Crippen MR) is 90.6 cm³/mol. The molecule has 2 rings (SSSR count). The van der Waals surface area contributed by atoms with Crippen LogP contribution in [0.4, 0.5) is 5.69 Å². The Kier molecular flexibility index (Phi) is 5.46. The Bertz CT molecular complexity index is 692. The molecule has 0 aliphatic carbocycles. The standard InChI is InChI=1S/C18H21N3O2/c1-4-21(5-2)18(23)16-12-14(10-11-19-16)17(22)20-15-8-6-13(3)7-9-15/h6-12H,4-5H2,1-3H3,(H,20,22). The summed E-state index contributed by atoms with van der Waals surface area (Å²) in [6.07, 6.45) is 1.49. The first-order valence-corrected chi connectivity index (χ1v) is 7.68. The third kappa shape index (κ3) is 4.16. The normalized spacial score (nSPS) is 10.2. The fraction of sp³-hybridized carbons (Fsp3) is 0.278. The number of nitrogens with zero attached hydrogens (tertiary/aromatic N) is 2. The fourth-order valence-electron chi connectivity index (χ4n) is 2.20. The molecular weight excluding hydrogens is 290 g/mol. The molecule has 1 aromatic heterocycles. The van der Waals surface area contributed by atoms with Gasteiger partial charge in [-0.25, -0.2) is 0 Å². The van der Waals surface area contributed by atoms with Crippen molar-refractivity contribution in [2.45, 2.75) is 20.8 Å². The second-order valence-electron chi connectivity index (χ2n) is 5.23. The second kappa shape index (κ2) is 7.54. The minimum Gasteiger partial charge on any atom is -0.338 e. The van der Waals surface area contributed by atoms with Crippen LogP contribution in [0, 0.1) is 6.92 Å². The molecule has 0 unspecified atom stereocenters. The van der Waals surface area contributed by atoms with Crippen LogP contribution in [0.2, 0.25) is 0 Å². The lowest BCUT2D eigenvalue weighted by molar-refractivity contribution is 0.0767. The van der Waals surface area contributed by atoms with E-state index in [0.717, 1.165) is 5.56 Å². The van der Waals surface area contributed by atoms with Crippen molar-refractivity contribution in [3.63, 3.8) is 0 Å². The summed E-state index contributed by atoms with van der Waals surface area (Å²) in [6, 6.07) is 10.7. The summed E-state index contributed by atoms with van der Waals surface area (Å²) in [6.45, 7) is 7.03. The van der Waals surface area contributed by atoms with Gasteiger partial charge in [-0.3, -0.25) is 14.6 Å². The predicted octanol–water partition coefficient (Wildman–Crippen LogP) is 3.12. The van der Waals surface area contributed by atoms with Crippen molar-refractivity contribution in [2.24, 2.45) is 0 Å². The van der Waals surface area contributed by atoms with E-state index in [4.69, 9.17) is 0 Å². The molecule has 0 saturated heterocycles. The molecule has 1 aromatic carbocycles. The Morgan fingerprint density at radius 2 is 1.74 bits per heavy atom. The van der Waals surface area contributed by atoms with Gasteiger partial charge in [-0.2, -0.15) is 0 Å². The molecule has 5 nitrogen and oxygen atoms in total. The maximum Gasteiger partial charge on any atom is 0.272 e. The van der Waals surface area contributed by atoms with Crippen molar-refractivity contribution in [2.75, 3.05) is 18.4 Å². The van der Waals surface area contributed by atoms with E-state index in [1.54, 1.807) is 11.0 Å². The lowest BCUT2D eigenvalue weighted by atomic mass is 10.2. The Hall–Kier alpha value is -2.69. The van der Waals surface area contributed by atoms with E-state index < -0.39 is 0 Å². The van der Waals surface area contributed by atoms with Crippen LogP contribution in [0.3, 0.4) is 0 Å². The van der Waals surface area contributed by atoms with Crippen molar-refractivity contribution < 1.29 is 9.59 Å². The smallest absolute Gasteiger partial charge is 0.272 e. The number of hydrogen-bond donors (Lipinski definition) is 1. The Labute approximate surface area is 136 Å². The van der Waals surface area contributed by atoms with E-state index in [-0.39, 0.29) is 17.5 Å². The number of aromatic nitrogens is 1. The quantitative estimate of drug-likeness (QED) is 0.923. The van der Waals surface area contributed by atoms with Gasteiger partial charge in [0.1, 0.15) is 5.69 Å². The summed E-state index contributed by atoms with van der Waals surface area (Å²) in [5.41, 5.74) is 2.54. The topological polar surface area (TPSA) is 62.3 Å². The van der Waals surface area contributed by atoms with Crippen molar-refractivity contribution in [3.05, 3.63) is 59.4 Å². The van der Waals surface area contributed by atoms with E-state index in [9.17, 15) is 9.59 Å². The monoisotopic (exact) mass is 311 g/mol. The van der Waals surface area contributed by atoms with Crippen molar-refractivity contribution >= 4 is 17.5 Å².